The Morgan fingerprint density at radius 2 is 2.05 bits per heavy atom. The quantitative estimate of drug-likeness (QED) is 0.739. The maximum Gasteiger partial charge on any atom is 0.246 e. The molecule has 0 aliphatic heterocycles. The third-order valence-electron chi connectivity index (χ3n) is 3.04. The van der Waals surface area contributed by atoms with Gasteiger partial charge in [0.05, 0.1) is 15.7 Å². The van der Waals surface area contributed by atoms with Gasteiger partial charge in [-0.1, -0.05) is 18.5 Å². The van der Waals surface area contributed by atoms with Gasteiger partial charge in [0.25, 0.3) is 0 Å². The maximum absolute atomic E-state index is 11.9. The van der Waals surface area contributed by atoms with Gasteiger partial charge < -0.3 is 4.42 Å². The van der Waals surface area contributed by atoms with Gasteiger partial charge in [-0.3, -0.25) is 0 Å². The molecule has 0 aliphatic rings. The lowest BCUT2D eigenvalue weighted by Crippen LogP contribution is -2.03. The van der Waals surface area contributed by atoms with Crippen LogP contribution in [0.3, 0.4) is 0 Å². The van der Waals surface area contributed by atoms with Gasteiger partial charge in [0.2, 0.25) is 5.89 Å². The lowest BCUT2D eigenvalue weighted by Gasteiger charge is -1.99. The van der Waals surface area contributed by atoms with Crippen molar-refractivity contribution >= 4 is 32.5 Å². The number of nitrogens with zero attached hydrogens (tertiary/aromatic N) is 2. The van der Waals surface area contributed by atoms with Crippen LogP contribution in [-0.2, 0) is 9.84 Å². The van der Waals surface area contributed by atoms with Crippen LogP contribution in [0, 0.1) is 0 Å². The van der Waals surface area contributed by atoms with Crippen molar-refractivity contribution in [2.75, 3.05) is 5.75 Å². The fraction of sp³-hybridized carbons (Fsp3) is 0.143. The summed E-state index contributed by atoms with van der Waals surface area (Å²) in [6, 6.07) is 8.01. The van der Waals surface area contributed by atoms with E-state index in [1.165, 1.54) is 18.3 Å². The first kappa shape index (κ1) is 14.0. The van der Waals surface area contributed by atoms with Crippen LogP contribution in [-0.4, -0.2) is 24.1 Å². The molecule has 21 heavy (non-hydrogen) atoms. The van der Waals surface area contributed by atoms with Crippen LogP contribution in [0.15, 0.2) is 45.8 Å². The molecular formula is C14H11ClN2O3S. The Hall–Kier alpha value is -1.92. The molecule has 0 saturated carbocycles. The van der Waals surface area contributed by atoms with Crippen molar-refractivity contribution in [2.45, 2.75) is 11.8 Å². The van der Waals surface area contributed by atoms with E-state index < -0.39 is 9.84 Å². The molecule has 3 rings (SSSR count). The van der Waals surface area contributed by atoms with Crippen molar-refractivity contribution in [2.24, 2.45) is 0 Å². The molecule has 2 heterocycles. The average Bonchev–Trinajstić information content (AvgIpc) is 2.90. The zero-order valence-electron chi connectivity index (χ0n) is 11.1. The minimum Gasteiger partial charge on any atom is -0.435 e. The second-order valence-corrected chi connectivity index (χ2v) is 7.13. The minimum absolute atomic E-state index is 0.0436. The highest BCUT2D eigenvalue weighted by Crippen LogP contribution is 2.25. The molecule has 0 aliphatic carbocycles. The summed E-state index contributed by atoms with van der Waals surface area (Å²) in [6.07, 6.45) is 1.50. The number of hydrogen-bond acceptors (Lipinski definition) is 5. The predicted octanol–water partition coefficient (Wildman–Crippen LogP) is 3.34. The Morgan fingerprint density at radius 1 is 1.24 bits per heavy atom. The lowest BCUT2D eigenvalue weighted by molar-refractivity contribution is 0.597. The Labute approximate surface area is 126 Å². The van der Waals surface area contributed by atoms with Gasteiger partial charge in [-0.15, -0.1) is 0 Å². The van der Waals surface area contributed by atoms with Crippen molar-refractivity contribution in [1.29, 1.82) is 0 Å². The van der Waals surface area contributed by atoms with E-state index in [4.69, 9.17) is 16.0 Å². The molecule has 5 nitrogen and oxygen atoms in total. The fourth-order valence-corrected chi connectivity index (χ4v) is 2.89. The van der Waals surface area contributed by atoms with Crippen LogP contribution in [0.1, 0.15) is 6.92 Å². The summed E-state index contributed by atoms with van der Waals surface area (Å²) in [4.78, 5) is 8.65. The number of hydrogen-bond donors (Lipinski definition) is 0. The van der Waals surface area contributed by atoms with Crippen LogP contribution < -0.4 is 0 Å². The van der Waals surface area contributed by atoms with Gasteiger partial charge in [-0.25, -0.2) is 18.4 Å². The van der Waals surface area contributed by atoms with Gasteiger partial charge in [0.15, 0.2) is 15.4 Å². The monoisotopic (exact) mass is 322 g/mol. The van der Waals surface area contributed by atoms with E-state index in [9.17, 15) is 8.42 Å². The molecule has 0 fully saturated rings. The molecule has 1 aromatic carbocycles. The SMILES string of the molecule is CCS(=O)(=O)c1ccc2oc(-c3ccc(Cl)cn3)nc2c1. The van der Waals surface area contributed by atoms with E-state index in [0.29, 0.717) is 27.7 Å². The first-order valence-corrected chi connectivity index (χ1v) is 8.28. The van der Waals surface area contributed by atoms with Crippen LogP contribution in [0.2, 0.25) is 5.02 Å². The topological polar surface area (TPSA) is 73.1 Å². The zero-order chi connectivity index (χ0) is 15.0. The van der Waals surface area contributed by atoms with E-state index >= 15 is 0 Å². The zero-order valence-corrected chi connectivity index (χ0v) is 12.6. The van der Waals surface area contributed by atoms with Crippen molar-refractivity contribution < 1.29 is 12.8 Å². The largest absolute Gasteiger partial charge is 0.435 e. The second-order valence-electron chi connectivity index (χ2n) is 4.41. The normalized spacial score (nSPS) is 11.9. The number of sulfone groups is 1. The van der Waals surface area contributed by atoms with Crippen LogP contribution in [0.25, 0.3) is 22.7 Å². The van der Waals surface area contributed by atoms with E-state index in [-0.39, 0.29) is 10.6 Å². The first-order valence-electron chi connectivity index (χ1n) is 6.25. The molecule has 0 N–H and O–H groups in total. The van der Waals surface area contributed by atoms with Gasteiger partial charge in [0.1, 0.15) is 11.2 Å². The molecule has 0 saturated heterocycles. The highest BCUT2D eigenvalue weighted by molar-refractivity contribution is 7.91. The van der Waals surface area contributed by atoms with Gasteiger partial charge in [-0.2, -0.15) is 0 Å². The van der Waals surface area contributed by atoms with Gasteiger partial charge in [0, 0.05) is 6.20 Å². The minimum atomic E-state index is -3.27. The maximum atomic E-state index is 11.9. The number of fused-ring (bicyclic) bond motifs is 1. The summed E-state index contributed by atoms with van der Waals surface area (Å²) in [5, 5.41) is 0.520. The molecule has 0 radical (unpaired) electrons. The van der Waals surface area contributed by atoms with Crippen LogP contribution in [0.4, 0.5) is 0 Å². The molecule has 3 aromatic rings. The lowest BCUT2D eigenvalue weighted by atomic mass is 10.3. The number of aromatic nitrogens is 2. The molecule has 0 atom stereocenters. The first-order chi connectivity index (χ1) is 9.99. The van der Waals surface area contributed by atoms with Crippen LogP contribution in [0.5, 0.6) is 0 Å². The van der Waals surface area contributed by atoms with Crippen molar-refractivity contribution in [1.82, 2.24) is 9.97 Å². The average molecular weight is 323 g/mol. The number of rotatable bonds is 3. The summed E-state index contributed by atoms with van der Waals surface area (Å²) in [7, 11) is -3.27. The summed E-state index contributed by atoms with van der Waals surface area (Å²) in [5.74, 6) is 0.370. The third kappa shape index (κ3) is 2.64. The standard InChI is InChI=1S/C14H11ClN2O3S/c1-2-21(18,19)10-4-6-13-12(7-10)17-14(20-13)11-5-3-9(15)8-16-11/h3-8H,2H2,1H3. The van der Waals surface area contributed by atoms with Crippen molar-refractivity contribution in [3.8, 4) is 11.6 Å². The Morgan fingerprint density at radius 3 is 2.71 bits per heavy atom. The molecule has 0 bridgehead atoms. The van der Waals surface area contributed by atoms with E-state index in [0.717, 1.165) is 0 Å². The Bertz CT molecular complexity index is 902. The molecule has 2 aromatic heterocycles. The number of halogens is 1. The van der Waals surface area contributed by atoms with E-state index in [1.807, 2.05) is 0 Å². The van der Waals surface area contributed by atoms with E-state index in [2.05, 4.69) is 9.97 Å². The third-order valence-corrected chi connectivity index (χ3v) is 5.00. The molecule has 0 spiro atoms. The number of oxazole rings is 1. The highest BCUT2D eigenvalue weighted by atomic mass is 35.5. The van der Waals surface area contributed by atoms with Crippen molar-refractivity contribution in [3.63, 3.8) is 0 Å². The van der Waals surface area contributed by atoms with Gasteiger partial charge in [-0.05, 0) is 30.3 Å². The van der Waals surface area contributed by atoms with Gasteiger partial charge >= 0.3 is 0 Å². The molecular weight excluding hydrogens is 312 g/mol. The summed E-state index contributed by atoms with van der Waals surface area (Å²) in [6.45, 7) is 1.60. The molecule has 7 heteroatoms. The van der Waals surface area contributed by atoms with Crippen LogP contribution >= 0.6 is 11.6 Å². The molecule has 108 valence electrons. The molecule has 0 amide bonds. The second kappa shape index (κ2) is 5.13. The smallest absolute Gasteiger partial charge is 0.246 e. The summed E-state index contributed by atoms with van der Waals surface area (Å²) < 4.78 is 29.3. The predicted molar refractivity (Wildman–Crippen MR) is 80.0 cm³/mol. The van der Waals surface area contributed by atoms with E-state index in [1.54, 1.807) is 25.1 Å². The Kier molecular flexibility index (Phi) is 3.43. The summed E-state index contributed by atoms with van der Waals surface area (Å²) >= 11 is 5.78. The van der Waals surface area contributed by atoms with Crippen molar-refractivity contribution in [3.05, 3.63) is 41.6 Å². The molecule has 0 unspecified atom stereocenters. The Balaban J connectivity index is 2.10. The number of pyridine rings is 1. The number of benzene rings is 1. The highest BCUT2D eigenvalue weighted by Gasteiger charge is 2.15. The summed E-state index contributed by atoms with van der Waals surface area (Å²) in [5.41, 5.74) is 1.53. The fourth-order valence-electron chi connectivity index (χ4n) is 1.88.